The van der Waals surface area contributed by atoms with E-state index in [1.54, 1.807) is 36.1 Å². The summed E-state index contributed by atoms with van der Waals surface area (Å²) in [4.78, 5) is 69.9. The number of carbonyl (C=O) groups is 4. The Kier molecular flexibility index (Phi) is 27.7. The van der Waals surface area contributed by atoms with E-state index in [9.17, 15) is 29.4 Å². The van der Waals surface area contributed by atoms with Gasteiger partial charge in [-0.2, -0.15) is 0 Å². The van der Waals surface area contributed by atoms with Crippen molar-refractivity contribution in [3.63, 3.8) is 0 Å². The van der Waals surface area contributed by atoms with Gasteiger partial charge in [-0.15, -0.1) is 45.3 Å². The van der Waals surface area contributed by atoms with Crippen LogP contribution in [0.2, 0.25) is 0 Å². The number of nitrogens with zero attached hydrogens (tertiary/aromatic N) is 4. The lowest BCUT2D eigenvalue weighted by molar-refractivity contribution is -0.164. The quantitative estimate of drug-likeness (QED) is 0.0582. The Morgan fingerprint density at radius 3 is 1.13 bits per heavy atom. The van der Waals surface area contributed by atoms with E-state index in [1.807, 2.05) is 178 Å². The van der Waals surface area contributed by atoms with Gasteiger partial charge in [0.05, 0.1) is 111 Å². The minimum atomic E-state index is -1.28. The third kappa shape index (κ3) is 19.9. The summed E-state index contributed by atoms with van der Waals surface area (Å²) in [5.41, 5.74) is 10.0. The number of aliphatic carboxylic acids is 1. The van der Waals surface area contributed by atoms with E-state index in [0.29, 0.717) is 14.2 Å². The summed E-state index contributed by atoms with van der Waals surface area (Å²) in [5.74, 6) is 0.394. The third-order valence-electron chi connectivity index (χ3n) is 22.4. The van der Waals surface area contributed by atoms with Crippen LogP contribution in [0.5, 0.6) is 17.2 Å². The second kappa shape index (κ2) is 38.3. The number of carboxylic acids is 1. The van der Waals surface area contributed by atoms with Gasteiger partial charge in [0.2, 0.25) is 0 Å². The summed E-state index contributed by atoms with van der Waals surface area (Å²) < 4.78 is 68.3. The molecule has 19 rings (SSSR count). The average Bonchev–Trinajstić information content (AvgIpc) is 1.59. The van der Waals surface area contributed by atoms with E-state index in [1.165, 1.54) is 66.5 Å². The molecule has 8 aromatic heterocycles. The minimum absolute atomic E-state index is 0.280. The van der Waals surface area contributed by atoms with E-state index in [4.69, 9.17) is 47.2 Å². The van der Waals surface area contributed by atoms with Gasteiger partial charge < -0.3 is 62.2 Å². The van der Waals surface area contributed by atoms with Gasteiger partial charge in [0, 0.05) is 107 Å². The van der Waals surface area contributed by atoms with Crippen molar-refractivity contribution in [2.75, 3.05) is 41.2 Å². The Labute approximate surface area is 776 Å². The first kappa shape index (κ1) is 92.8. The van der Waals surface area contributed by atoms with Crippen molar-refractivity contribution >= 4 is 198 Å². The normalized spacial score (nSPS) is 15.5. The zero-order chi connectivity index (χ0) is 91.1. The number of rotatable bonds is 14. The molecular formula is C100H101BBr2N4O17S4. The van der Waals surface area contributed by atoms with Crippen molar-refractivity contribution in [1.82, 2.24) is 19.9 Å². The van der Waals surface area contributed by atoms with Crippen molar-refractivity contribution in [3.8, 4) is 39.5 Å². The van der Waals surface area contributed by atoms with Gasteiger partial charge in [-0.3, -0.25) is 19.9 Å². The van der Waals surface area contributed by atoms with E-state index < -0.39 is 65.1 Å². The number of aromatic nitrogens is 4. The topological polar surface area (TPSA) is 262 Å². The molecule has 4 aliphatic rings. The van der Waals surface area contributed by atoms with Crippen LogP contribution in [0.15, 0.2) is 185 Å². The number of methoxy groups -OCH3 is 3. The maximum Gasteiger partial charge on any atom is 0.494 e. The number of halogens is 2. The third-order valence-corrected chi connectivity index (χ3v) is 29.4. The summed E-state index contributed by atoms with van der Waals surface area (Å²) in [6, 6.07) is 50.5. The molecule has 664 valence electrons. The molecule has 4 atom stereocenters. The fourth-order valence-electron chi connectivity index (χ4n) is 15.9. The number of aryl methyl sites for hydroxylation is 3. The van der Waals surface area contributed by atoms with Gasteiger partial charge in [-0.25, -0.2) is 19.2 Å². The van der Waals surface area contributed by atoms with Crippen LogP contribution in [0.25, 0.3) is 106 Å². The molecule has 0 spiro atoms. The highest BCUT2D eigenvalue weighted by Crippen LogP contribution is 2.52. The SMILES string of the molecule is CC(C)(C)OC(C(=O)O)c1sc2ccc3ncccc3c2c1-c1ccc2c(c1)CCCO2.CC1(C)OB(c2ccc3c(c2)CCCO3)OC1(C)C.COC(=O)C(O)c1sc2ccc3ncccc3c2c1Br.COC(=O)C(OC(C)(C)C)c1sc2ccc3ncccc3c2c1-c1ccc2c(c1)CCCO2.COC(=O)C(OC(C)(C)C)c1sc2ccc3ncccc3c2c1Br. The van der Waals surface area contributed by atoms with E-state index >= 15 is 0 Å². The van der Waals surface area contributed by atoms with Gasteiger partial charge in [-0.05, 0) is 297 Å². The maximum atomic E-state index is 13.0. The Morgan fingerprint density at radius 2 is 0.750 bits per heavy atom. The Balaban J connectivity index is 0.000000125. The number of carboxylic acid groups (broad SMARTS) is 1. The molecule has 0 aliphatic carbocycles. The van der Waals surface area contributed by atoms with Crippen molar-refractivity contribution in [2.24, 2.45) is 0 Å². The lowest BCUT2D eigenvalue weighted by Gasteiger charge is -2.32. The Morgan fingerprint density at radius 1 is 0.422 bits per heavy atom. The van der Waals surface area contributed by atoms with Gasteiger partial charge in [0.1, 0.15) is 17.2 Å². The van der Waals surface area contributed by atoms with Crippen molar-refractivity contribution in [3.05, 3.63) is 222 Å². The Bertz CT molecular complexity index is 6710. The van der Waals surface area contributed by atoms with E-state index in [0.717, 1.165) is 207 Å². The summed E-state index contributed by atoms with van der Waals surface area (Å²) in [5, 5.41) is 28.4. The predicted molar refractivity (Wildman–Crippen MR) is 518 cm³/mol. The second-order valence-electron chi connectivity index (χ2n) is 35.4. The molecule has 15 aromatic rings. The van der Waals surface area contributed by atoms with Crippen molar-refractivity contribution in [1.29, 1.82) is 0 Å². The molecule has 4 aliphatic heterocycles. The summed E-state index contributed by atoms with van der Waals surface area (Å²) in [7, 11) is 3.76. The van der Waals surface area contributed by atoms with Crippen LogP contribution in [0.4, 0.5) is 0 Å². The van der Waals surface area contributed by atoms with Crippen LogP contribution in [-0.2, 0) is 76.2 Å². The molecule has 28 heteroatoms. The highest BCUT2D eigenvalue weighted by atomic mass is 79.9. The van der Waals surface area contributed by atoms with Crippen LogP contribution in [0, 0.1) is 0 Å². The molecule has 2 N–H and O–H groups in total. The van der Waals surface area contributed by atoms with Crippen LogP contribution in [0.1, 0.15) is 170 Å². The zero-order valence-corrected chi connectivity index (χ0v) is 80.6. The first-order valence-electron chi connectivity index (χ1n) is 42.3. The average molecular weight is 1930 g/mol. The monoisotopic (exact) mass is 1930 g/mol. The second-order valence-corrected chi connectivity index (χ2v) is 41.3. The van der Waals surface area contributed by atoms with Crippen LogP contribution in [-0.4, -0.2) is 130 Å². The molecule has 4 unspecified atom stereocenters. The number of carbonyl (C=O) groups excluding carboxylic acids is 3. The summed E-state index contributed by atoms with van der Waals surface area (Å²) >= 11 is 13.1. The molecule has 0 amide bonds. The first-order valence-corrected chi connectivity index (χ1v) is 47.2. The number of hydrogen-bond acceptors (Lipinski definition) is 24. The molecule has 0 bridgehead atoms. The Hall–Kier alpha value is -9.92. The number of ether oxygens (including phenoxy) is 9. The number of thiophene rings is 4. The fourth-order valence-corrected chi connectivity index (χ4v) is 22.7. The van der Waals surface area contributed by atoms with Crippen LogP contribution < -0.4 is 19.7 Å². The molecule has 128 heavy (non-hydrogen) atoms. The standard InChI is InChI=1S/C27H27NO4S.C26H25NO4S.C18H18BrNO3S.C15H21BO3.C14H10BrNO3S/c1-27(2,3)32-24(26(29)30-4)25-22(17-9-11-20-16(15-17)7-6-14-31-20)23-18-8-5-13-28-19(18)10-12-21(23)33-25;1-26(2,3)31-23(25(28)29)24-21(16-8-10-19-15(14-16)6-5-13-30-19)22-17-7-4-12-27-18(17)9-11-20(22)32-24;1-18(2,3)23-15(17(21)22-4)16-14(19)13-10-6-5-9-20-11(10)7-8-12(13)24-16;1-14(2)15(3,4)19-16(18-14)12-7-8-13-11(10-12)6-5-9-17-13;1-19-14(18)12(17)13-11(15)10-7-3-2-6-16-8(7)4-5-9(10)20-13/h5,8-13,15,24H,6-7,14H2,1-4H3;4,7-12,14,23H,5-6,13H2,1-3H3,(H,28,29);5-9,15H,1-4H3;7-8,10H,5-6,9H2,1-4H3;2-6,12,17H,1H3. The smallest absolute Gasteiger partial charge is 0.493 e. The number of benzene rings is 7. The number of esters is 3. The molecule has 1 saturated heterocycles. The number of fused-ring (bicyclic) bond motifs is 15. The van der Waals surface area contributed by atoms with Gasteiger partial charge in [0.25, 0.3) is 0 Å². The predicted octanol–water partition coefficient (Wildman–Crippen LogP) is 23.8. The molecule has 0 saturated carbocycles. The molecular weight excluding hydrogens is 1830 g/mol. The summed E-state index contributed by atoms with van der Waals surface area (Å²) in [6.45, 7) is 27.9. The zero-order valence-electron chi connectivity index (χ0n) is 74.2. The first-order chi connectivity index (χ1) is 61.0. The largest absolute Gasteiger partial charge is 0.494 e. The highest BCUT2D eigenvalue weighted by Gasteiger charge is 2.52. The maximum absolute atomic E-state index is 13.0. The minimum Gasteiger partial charge on any atom is -0.493 e. The van der Waals surface area contributed by atoms with E-state index in [-0.39, 0.29) is 18.3 Å². The lowest BCUT2D eigenvalue weighted by atomic mass is 9.78. The highest BCUT2D eigenvalue weighted by molar-refractivity contribution is 9.11. The number of hydrogen-bond donors (Lipinski definition) is 2. The van der Waals surface area contributed by atoms with Crippen molar-refractivity contribution < 1.29 is 81.3 Å². The number of pyridine rings is 4. The van der Waals surface area contributed by atoms with Gasteiger partial charge in [0.15, 0.2) is 24.4 Å². The van der Waals surface area contributed by atoms with Crippen LogP contribution in [0.3, 0.4) is 0 Å². The molecule has 12 heterocycles. The molecule has 7 aromatic carbocycles. The van der Waals surface area contributed by atoms with E-state index in [2.05, 4.69) is 121 Å². The molecule has 0 radical (unpaired) electrons. The lowest BCUT2D eigenvalue weighted by Crippen LogP contribution is -2.41. The van der Waals surface area contributed by atoms with Crippen LogP contribution >= 0.6 is 77.2 Å². The summed E-state index contributed by atoms with van der Waals surface area (Å²) in [6.07, 6.45) is 9.19. The van der Waals surface area contributed by atoms with Gasteiger partial charge >= 0.3 is 31.0 Å². The molecule has 1 fully saturated rings. The molecule has 21 nitrogen and oxygen atoms in total. The van der Waals surface area contributed by atoms with Gasteiger partial charge in [-0.1, -0.05) is 48.5 Å². The fraction of sp³-hybridized carbons (Fsp3) is 0.340. The van der Waals surface area contributed by atoms with Crippen molar-refractivity contribution in [2.45, 2.75) is 181 Å². The number of aliphatic hydroxyl groups is 1. The number of aliphatic hydroxyl groups excluding tert-OH is 1.